The fraction of sp³-hybridized carbons (Fsp3) is 0.143. The van der Waals surface area contributed by atoms with Gasteiger partial charge in [0.15, 0.2) is 5.96 Å². The highest BCUT2D eigenvalue weighted by atomic mass is 19.1. The number of nitrogens with one attached hydrogen (secondary N) is 1. The van der Waals surface area contributed by atoms with Crippen LogP contribution in [0.15, 0.2) is 66.9 Å². The Morgan fingerprint density at radius 2 is 1.74 bits per heavy atom. The molecule has 1 heterocycles. The molecule has 0 radical (unpaired) electrons. The molecular weight excluding hydrogens is 343 g/mol. The third-order valence-corrected chi connectivity index (χ3v) is 4.22. The van der Waals surface area contributed by atoms with E-state index in [-0.39, 0.29) is 11.8 Å². The summed E-state index contributed by atoms with van der Waals surface area (Å²) in [6, 6.07) is 17.8. The predicted molar refractivity (Wildman–Crippen MR) is 105 cm³/mol. The fourth-order valence-corrected chi connectivity index (χ4v) is 2.82. The topological polar surface area (TPSA) is 75.2 Å². The Kier molecular flexibility index (Phi) is 5.66. The molecular formula is C21H21FN4O. The molecule has 5 nitrogen and oxygen atoms in total. The first-order chi connectivity index (χ1) is 13.1. The highest BCUT2D eigenvalue weighted by Gasteiger charge is 2.16. The summed E-state index contributed by atoms with van der Waals surface area (Å²) in [7, 11) is 1.63. The zero-order chi connectivity index (χ0) is 19.2. The third kappa shape index (κ3) is 4.61. The first-order valence-corrected chi connectivity index (χ1v) is 8.49. The van der Waals surface area contributed by atoms with E-state index in [1.54, 1.807) is 30.3 Å². The molecule has 0 spiro atoms. The number of ether oxygens (including phenoxy) is 1. The van der Waals surface area contributed by atoms with Gasteiger partial charge >= 0.3 is 0 Å². The number of aromatic nitrogens is 1. The number of halogens is 1. The average molecular weight is 364 g/mol. The van der Waals surface area contributed by atoms with Crippen LogP contribution in [0.4, 0.5) is 10.2 Å². The van der Waals surface area contributed by atoms with Crippen molar-refractivity contribution in [3.63, 3.8) is 0 Å². The smallest absolute Gasteiger partial charge is 0.194 e. The summed E-state index contributed by atoms with van der Waals surface area (Å²) in [5.74, 6) is 0.997. The van der Waals surface area contributed by atoms with Gasteiger partial charge in [-0.25, -0.2) is 9.37 Å². The van der Waals surface area contributed by atoms with Crippen LogP contribution in [0.1, 0.15) is 16.7 Å². The van der Waals surface area contributed by atoms with Crippen molar-refractivity contribution in [2.75, 3.05) is 12.0 Å². The van der Waals surface area contributed by atoms with Gasteiger partial charge in [-0.15, -0.1) is 0 Å². The molecule has 138 valence electrons. The van der Waals surface area contributed by atoms with E-state index in [4.69, 9.17) is 15.9 Å². The van der Waals surface area contributed by atoms with Gasteiger partial charge in [0.2, 0.25) is 0 Å². The molecule has 0 unspecified atom stereocenters. The third-order valence-electron chi connectivity index (χ3n) is 4.22. The molecule has 2 aromatic carbocycles. The number of hydrogen-bond acceptors (Lipinski definition) is 3. The number of anilines is 1. The molecule has 0 saturated carbocycles. The number of nitrogens with zero attached hydrogens (tertiary/aromatic N) is 2. The van der Waals surface area contributed by atoms with E-state index >= 15 is 0 Å². The summed E-state index contributed by atoms with van der Waals surface area (Å²) < 4.78 is 18.4. The minimum Gasteiger partial charge on any atom is -0.497 e. The van der Waals surface area contributed by atoms with Crippen LogP contribution in [-0.2, 0) is 13.0 Å². The maximum atomic E-state index is 13.2. The van der Waals surface area contributed by atoms with Crippen LogP contribution in [-0.4, -0.2) is 18.1 Å². The van der Waals surface area contributed by atoms with Crippen molar-refractivity contribution < 1.29 is 9.13 Å². The lowest BCUT2D eigenvalue weighted by Gasteiger charge is -2.24. The van der Waals surface area contributed by atoms with E-state index in [2.05, 4.69) is 4.98 Å². The Balaban J connectivity index is 1.88. The number of methoxy groups -OCH3 is 1. The van der Waals surface area contributed by atoms with E-state index in [1.165, 1.54) is 12.1 Å². The Morgan fingerprint density at radius 1 is 1.07 bits per heavy atom. The lowest BCUT2D eigenvalue weighted by Crippen LogP contribution is -2.37. The number of nitrogens with two attached hydrogens (primary N) is 1. The molecule has 1 aromatic heterocycles. The normalized spacial score (nSPS) is 10.4. The standard InChI is InChI=1S/C21H21FN4O/c1-27-19-10-6-15(7-11-19)13-17-3-2-12-25-20(17)26(21(23)24)14-16-4-8-18(22)9-5-16/h2-12H,13-14H2,1H3,(H3,23,24). The zero-order valence-corrected chi connectivity index (χ0v) is 15.0. The van der Waals surface area contributed by atoms with Gasteiger partial charge in [0.05, 0.1) is 13.7 Å². The Morgan fingerprint density at radius 3 is 2.37 bits per heavy atom. The molecule has 27 heavy (non-hydrogen) atoms. The fourth-order valence-electron chi connectivity index (χ4n) is 2.82. The maximum Gasteiger partial charge on any atom is 0.194 e. The summed E-state index contributed by atoms with van der Waals surface area (Å²) in [4.78, 5) is 6.07. The monoisotopic (exact) mass is 364 g/mol. The van der Waals surface area contributed by atoms with Gasteiger partial charge in [0.1, 0.15) is 17.4 Å². The van der Waals surface area contributed by atoms with Crippen LogP contribution in [0.3, 0.4) is 0 Å². The van der Waals surface area contributed by atoms with E-state index in [0.29, 0.717) is 18.8 Å². The molecule has 0 atom stereocenters. The molecule has 0 aliphatic carbocycles. The lowest BCUT2D eigenvalue weighted by atomic mass is 10.0. The van der Waals surface area contributed by atoms with E-state index in [0.717, 1.165) is 22.4 Å². The summed E-state index contributed by atoms with van der Waals surface area (Å²) in [6.07, 6.45) is 2.31. The predicted octanol–water partition coefficient (Wildman–Crippen LogP) is 3.72. The van der Waals surface area contributed by atoms with Crippen molar-refractivity contribution in [2.24, 2.45) is 5.73 Å². The van der Waals surface area contributed by atoms with Gasteiger partial charge in [-0.1, -0.05) is 30.3 Å². The SMILES string of the molecule is COc1ccc(Cc2cccnc2N(Cc2ccc(F)cc2)C(=N)N)cc1. The molecule has 0 aliphatic heterocycles. The first-order valence-electron chi connectivity index (χ1n) is 8.49. The van der Waals surface area contributed by atoms with Gasteiger partial charge in [0, 0.05) is 12.6 Å². The summed E-state index contributed by atoms with van der Waals surface area (Å²) >= 11 is 0. The second-order valence-electron chi connectivity index (χ2n) is 6.11. The molecule has 0 bridgehead atoms. The summed E-state index contributed by atoms with van der Waals surface area (Å²) in [5.41, 5.74) is 8.70. The van der Waals surface area contributed by atoms with Gasteiger partial charge in [0.25, 0.3) is 0 Å². The molecule has 6 heteroatoms. The average Bonchev–Trinajstić information content (AvgIpc) is 2.68. The van der Waals surface area contributed by atoms with Crippen molar-refractivity contribution in [1.29, 1.82) is 5.41 Å². The van der Waals surface area contributed by atoms with Crippen molar-refractivity contribution >= 4 is 11.8 Å². The second kappa shape index (κ2) is 8.31. The summed E-state index contributed by atoms with van der Waals surface area (Å²) in [5, 5.41) is 7.98. The van der Waals surface area contributed by atoms with Crippen molar-refractivity contribution in [2.45, 2.75) is 13.0 Å². The molecule has 0 aliphatic rings. The van der Waals surface area contributed by atoms with Crippen molar-refractivity contribution in [1.82, 2.24) is 4.98 Å². The second-order valence-corrected chi connectivity index (χ2v) is 6.11. The minimum atomic E-state index is -0.300. The van der Waals surface area contributed by atoms with Gasteiger partial charge in [-0.05, 0) is 47.0 Å². The van der Waals surface area contributed by atoms with Crippen LogP contribution in [0.5, 0.6) is 5.75 Å². The molecule has 3 aromatic rings. The van der Waals surface area contributed by atoms with E-state index in [1.807, 2.05) is 36.4 Å². The highest BCUT2D eigenvalue weighted by molar-refractivity contribution is 5.92. The van der Waals surface area contributed by atoms with E-state index in [9.17, 15) is 4.39 Å². The Bertz CT molecular complexity index is 910. The van der Waals surface area contributed by atoms with Crippen LogP contribution in [0.25, 0.3) is 0 Å². The molecule has 0 amide bonds. The number of guanidine groups is 1. The lowest BCUT2D eigenvalue weighted by molar-refractivity contribution is 0.414. The number of benzene rings is 2. The van der Waals surface area contributed by atoms with Crippen LogP contribution >= 0.6 is 0 Å². The van der Waals surface area contributed by atoms with E-state index < -0.39 is 0 Å². The maximum absolute atomic E-state index is 13.2. The highest BCUT2D eigenvalue weighted by Crippen LogP contribution is 2.23. The molecule has 0 fully saturated rings. The molecule has 0 saturated heterocycles. The van der Waals surface area contributed by atoms with Crippen molar-refractivity contribution in [3.05, 3.63) is 89.4 Å². The number of rotatable bonds is 6. The Hall–Kier alpha value is -3.41. The minimum absolute atomic E-state index is 0.117. The number of hydrogen-bond donors (Lipinski definition) is 2. The van der Waals surface area contributed by atoms with Gasteiger partial charge in [-0.3, -0.25) is 10.3 Å². The van der Waals surface area contributed by atoms with Crippen LogP contribution in [0, 0.1) is 11.2 Å². The largest absolute Gasteiger partial charge is 0.497 e. The molecule has 3 N–H and O–H groups in total. The summed E-state index contributed by atoms with van der Waals surface area (Å²) in [6.45, 7) is 0.336. The zero-order valence-electron chi connectivity index (χ0n) is 15.0. The quantitative estimate of drug-likeness (QED) is 0.516. The van der Waals surface area contributed by atoms with Crippen molar-refractivity contribution in [3.8, 4) is 5.75 Å². The first kappa shape index (κ1) is 18.4. The Labute approximate surface area is 157 Å². The molecule has 3 rings (SSSR count). The van der Waals surface area contributed by atoms with Gasteiger partial charge in [-0.2, -0.15) is 0 Å². The number of pyridine rings is 1. The van der Waals surface area contributed by atoms with Crippen LogP contribution in [0.2, 0.25) is 0 Å². The van der Waals surface area contributed by atoms with Crippen LogP contribution < -0.4 is 15.4 Å². The van der Waals surface area contributed by atoms with Gasteiger partial charge < -0.3 is 10.5 Å².